The SMILES string of the molecule is COCCCn1c(C)cc(C(=O)CN2CCN(CCO)CC2)c1C. The second-order valence-electron chi connectivity index (χ2n) is 6.55. The summed E-state index contributed by atoms with van der Waals surface area (Å²) in [6.07, 6.45) is 0.952. The lowest BCUT2D eigenvalue weighted by Crippen LogP contribution is -2.48. The molecule has 1 aromatic rings. The summed E-state index contributed by atoms with van der Waals surface area (Å²) in [7, 11) is 1.71. The molecule has 1 aromatic heterocycles. The number of aromatic nitrogens is 1. The Labute approximate surface area is 145 Å². The van der Waals surface area contributed by atoms with Crippen LogP contribution >= 0.6 is 0 Å². The highest BCUT2D eigenvalue weighted by atomic mass is 16.5. The lowest BCUT2D eigenvalue weighted by molar-refractivity contribution is 0.0822. The first-order valence-electron chi connectivity index (χ1n) is 8.81. The summed E-state index contributed by atoms with van der Waals surface area (Å²) < 4.78 is 7.33. The fourth-order valence-electron chi connectivity index (χ4n) is 3.40. The van der Waals surface area contributed by atoms with Gasteiger partial charge in [-0.15, -0.1) is 0 Å². The first-order chi connectivity index (χ1) is 11.6. The van der Waals surface area contributed by atoms with Crippen LogP contribution < -0.4 is 0 Å². The minimum atomic E-state index is 0.202. The van der Waals surface area contributed by atoms with Gasteiger partial charge in [0.15, 0.2) is 5.78 Å². The van der Waals surface area contributed by atoms with Crippen molar-refractivity contribution in [3.63, 3.8) is 0 Å². The highest BCUT2D eigenvalue weighted by Crippen LogP contribution is 2.17. The predicted molar refractivity (Wildman–Crippen MR) is 94.7 cm³/mol. The van der Waals surface area contributed by atoms with Gasteiger partial charge in [0, 0.05) is 69.9 Å². The van der Waals surface area contributed by atoms with E-state index in [0.29, 0.717) is 6.54 Å². The quantitative estimate of drug-likeness (QED) is 0.537. The van der Waals surface area contributed by atoms with Crippen molar-refractivity contribution in [3.8, 4) is 0 Å². The highest BCUT2D eigenvalue weighted by Gasteiger charge is 2.21. The number of ether oxygens (including phenoxy) is 1. The Balaban J connectivity index is 1.92. The van der Waals surface area contributed by atoms with Crippen LogP contribution in [0.25, 0.3) is 0 Å². The van der Waals surface area contributed by atoms with Gasteiger partial charge in [-0.05, 0) is 26.3 Å². The molecule has 0 radical (unpaired) electrons. The van der Waals surface area contributed by atoms with E-state index in [9.17, 15) is 4.79 Å². The predicted octanol–water partition coefficient (Wildman–Crippen LogP) is 0.934. The fraction of sp³-hybridized carbons (Fsp3) is 0.722. The third-order valence-electron chi connectivity index (χ3n) is 4.85. The maximum Gasteiger partial charge on any atom is 0.178 e. The van der Waals surface area contributed by atoms with E-state index in [4.69, 9.17) is 9.84 Å². The molecule has 6 heteroatoms. The van der Waals surface area contributed by atoms with E-state index >= 15 is 0 Å². The lowest BCUT2D eigenvalue weighted by atomic mass is 10.1. The number of β-amino-alcohol motifs (C(OH)–C–C–N with tert-alkyl or cyclic N) is 1. The van der Waals surface area contributed by atoms with E-state index in [1.807, 2.05) is 13.0 Å². The summed E-state index contributed by atoms with van der Waals surface area (Å²) in [4.78, 5) is 17.2. The number of hydrogen-bond donors (Lipinski definition) is 1. The van der Waals surface area contributed by atoms with E-state index in [0.717, 1.165) is 69.2 Å². The van der Waals surface area contributed by atoms with Crippen molar-refractivity contribution in [2.45, 2.75) is 26.8 Å². The maximum absolute atomic E-state index is 12.7. The molecular formula is C18H31N3O3. The van der Waals surface area contributed by atoms with Gasteiger partial charge in [0.05, 0.1) is 13.2 Å². The largest absolute Gasteiger partial charge is 0.395 e. The Bertz CT molecular complexity index is 534. The summed E-state index contributed by atoms with van der Waals surface area (Å²) in [6, 6.07) is 2.02. The number of hydrogen-bond acceptors (Lipinski definition) is 5. The van der Waals surface area contributed by atoms with E-state index in [1.54, 1.807) is 7.11 Å². The van der Waals surface area contributed by atoms with Crippen LogP contribution in [0, 0.1) is 13.8 Å². The van der Waals surface area contributed by atoms with Gasteiger partial charge in [-0.1, -0.05) is 0 Å². The van der Waals surface area contributed by atoms with E-state index < -0.39 is 0 Å². The summed E-state index contributed by atoms with van der Waals surface area (Å²) in [5, 5.41) is 9.00. The van der Waals surface area contributed by atoms with Crippen LogP contribution in [0.4, 0.5) is 0 Å². The van der Waals surface area contributed by atoms with Crippen LogP contribution in [-0.2, 0) is 11.3 Å². The molecule has 0 aliphatic carbocycles. The molecule has 1 aliphatic rings. The Morgan fingerprint density at radius 1 is 1.17 bits per heavy atom. The summed E-state index contributed by atoms with van der Waals surface area (Å²) >= 11 is 0. The Morgan fingerprint density at radius 2 is 1.83 bits per heavy atom. The summed E-state index contributed by atoms with van der Waals surface area (Å²) in [5.41, 5.74) is 3.05. The van der Waals surface area contributed by atoms with Gasteiger partial charge in [-0.25, -0.2) is 0 Å². The number of aryl methyl sites for hydroxylation is 1. The lowest BCUT2D eigenvalue weighted by Gasteiger charge is -2.33. The third kappa shape index (κ3) is 4.89. The van der Waals surface area contributed by atoms with Crippen molar-refractivity contribution in [2.75, 3.05) is 59.6 Å². The fourth-order valence-corrected chi connectivity index (χ4v) is 3.40. The number of Topliss-reactive ketones (excluding diaryl/α,β-unsaturated/α-hetero) is 1. The van der Waals surface area contributed by atoms with Crippen LogP contribution in [0.1, 0.15) is 28.2 Å². The molecule has 2 heterocycles. The molecule has 1 saturated heterocycles. The Morgan fingerprint density at radius 3 is 2.46 bits per heavy atom. The normalized spacial score (nSPS) is 16.7. The molecule has 1 N–H and O–H groups in total. The summed E-state index contributed by atoms with van der Waals surface area (Å²) in [6.45, 7) is 10.7. The van der Waals surface area contributed by atoms with Crippen LogP contribution in [0.5, 0.6) is 0 Å². The van der Waals surface area contributed by atoms with Crippen LogP contribution in [0.15, 0.2) is 6.07 Å². The molecule has 1 fully saturated rings. The number of carbonyl (C=O) groups is 1. The van der Waals surface area contributed by atoms with Crippen molar-refractivity contribution in [1.82, 2.24) is 14.4 Å². The zero-order valence-electron chi connectivity index (χ0n) is 15.3. The molecule has 1 aliphatic heterocycles. The molecule has 0 atom stereocenters. The zero-order valence-corrected chi connectivity index (χ0v) is 15.3. The van der Waals surface area contributed by atoms with Crippen molar-refractivity contribution < 1.29 is 14.6 Å². The third-order valence-corrected chi connectivity index (χ3v) is 4.85. The number of aliphatic hydroxyl groups excluding tert-OH is 1. The number of piperazine rings is 1. The van der Waals surface area contributed by atoms with Crippen LogP contribution in [0.2, 0.25) is 0 Å². The van der Waals surface area contributed by atoms with Crippen molar-refractivity contribution >= 4 is 5.78 Å². The summed E-state index contributed by atoms with van der Waals surface area (Å²) in [5.74, 6) is 0.205. The highest BCUT2D eigenvalue weighted by molar-refractivity contribution is 5.99. The minimum absolute atomic E-state index is 0.202. The van der Waals surface area contributed by atoms with Gasteiger partial charge in [0.2, 0.25) is 0 Å². The van der Waals surface area contributed by atoms with Gasteiger partial charge in [-0.3, -0.25) is 14.6 Å². The monoisotopic (exact) mass is 337 g/mol. The molecule has 0 saturated carbocycles. The number of ketones is 1. The number of aliphatic hydroxyl groups is 1. The van der Waals surface area contributed by atoms with Gasteiger partial charge >= 0.3 is 0 Å². The molecular weight excluding hydrogens is 306 g/mol. The van der Waals surface area contributed by atoms with Crippen molar-refractivity contribution in [3.05, 3.63) is 23.0 Å². The number of carbonyl (C=O) groups excluding carboxylic acids is 1. The molecule has 2 rings (SSSR count). The van der Waals surface area contributed by atoms with Crippen molar-refractivity contribution in [2.24, 2.45) is 0 Å². The average molecular weight is 337 g/mol. The van der Waals surface area contributed by atoms with Crippen LogP contribution in [-0.4, -0.2) is 84.8 Å². The van der Waals surface area contributed by atoms with Gasteiger partial charge in [0.25, 0.3) is 0 Å². The number of nitrogens with zero attached hydrogens (tertiary/aromatic N) is 3. The average Bonchev–Trinajstić information content (AvgIpc) is 2.85. The molecule has 0 spiro atoms. The topological polar surface area (TPSA) is 57.9 Å². The van der Waals surface area contributed by atoms with Gasteiger partial charge in [-0.2, -0.15) is 0 Å². The molecule has 0 bridgehead atoms. The molecule has 136 valence electrons. The first-order valence-corrected chi connectivity index (χ1v) is 8.81. The standard InChI is InChI=1S/C18H31N3O3/c1-15-13-17(16(2)21(15)5-4-12-24-3)18(23)14-20-8-6-19(7-9-20)10-11-22/h13,22H,4-12,14H2,1-3H3. The number of methoxy groups -OCH3 is 1. The van der Waals surface area contributed by atoms with E-state index in [1.165, 1.54) is 0 Å². The molecule has 24 heavy (non-hydrogen) atoms. The van der Waals surface area contributed by atoms with E-state index in [-0.39, 0.29) is 12.4 Å². The zero-order chi connectivity index (χ0) is 17.5. The molecule has 0 aromatic carbocycles. The first kappa shape index (κ1) is 19.1. The molecule has 0 unspecified atom stereocenters. The molecule has 0 amide bonds. The second-order valence-corrected chi connectivity index (χ2v) is 6.55. The minimum Gasteiger partial charge on any atom is -0.395 e. The van der Waals surface area contributed by atoms with E-state index in [2.05, 4.69) is 21.3 Å². The Kier molecular flexibility index (Phi) is 7.42. The molecule has 6 nitrogen and oxygen atoms in total. The van der Waals surface area contributed by atoms with Gasteiger partial charge < -0.3 is 14.4 Å². The maximum atomic E-state index is 12.7. The van der Waals surface area contributed by atoms with Crippen LogP contribution in [0.3, 0.4) is 0 Å². The number of rotatable bonds is 9. The van der Waals surface area contributed by atoms with Crippen molar-refractivity contribution in [1.29, 1.82) is 0 Å². The van der Waals surface area contributed by atoms with Gasteiger partial charge in [0.1, 0.15) is 0 Å². The Hall–Kier alpha value is -1.21. The second kappa shape index (κ2) is 9.32. The smallest absolute Gasteiger partial charge is 0.178 e.